The molecule has 1 aliphatic rings. The van der Waals surface area contributed by atoms with Crippen molar-refractivity contribution >= 4 is 29.0 Å². The number of halogens is 1. The second kappa shape index (κ2) is 10.0. The van der Waals surface area contributed by atoms with Crippen molar-refractivity contribution in [2.75, 3.05) is 42.8 Å². The second-order valence-electron chi connectivity index (χ2n) is 8.44. The molecular formula is C24H27FN6O2S. The normalized spacial score (nSPS) is 14.2. The van der Waals surface area contributed by atoms with Gasteiger partial charge in [-0.2, -0.15) is 0 Å². The molecule has 0 unspecified atom stereocenters. The molecule has 34 heavy (non-hydrogen) atoms. The number of nitrogens with one attached hydrogen (secondary N) is 1. The summed E-state index contributed by atoms with van der Waals surface area (Å²) in [6.07, 6.45) is 5.00. The van der Waals surface area contributed by atoms with Gasteiger partial charge in [-0.1, -0.05) is 0 Å². The van der Waals surface area contributed by atoms with Crippen LogP contribution in [-0.4, -0.2) is 58.6 Å². The lowest BCUT2D eigenvalue weighted by molar-refractivity contribution is 0.102. The molecule has 1 N–H and O–H groups in total. The third-order valence-electron chi connectivity index (χ3n) is 5.54. The Morgan fingerprint density at radius 2 is 1.94 bits per heavy atom. The van der Waals surface area contributed by atoms with Crippen LogP contribution in [0.3, 0.4) is 0 Å². The van der Waals surface area contributed by atoms with Gasteiger partial charge in [-0.3, -0.25) is 14.8 Å². The maximum Gasteiger partial charge on any atom is 0.255 e. The van der Waals surface area contributed by atoms with Gasteiger partial charge in [-0.25, -0.2) is 4.39 Å². The number of carbonyl (C=O) groups excluding carboxylic acids is 1. The fraction of sp³-hybridized carbons (Fsp3) is 0.375. The molecule has 3 aromatic heterocycles. The van der Waals surface area contributed by atoms with Gasteiger partial charge in [0.1, 0.15) is 10.7 Å². The summed E-state index contributed by atoms with van der Waals surface area (Å²) in [4.78, 5) is 23.6. The van der Waals surface area contributed by atoms with Crippen molar-refractivity contribution in [2.45, 2.75) is 31.5 Å². The minimum absolute atomic E-state index is 0.197. The Morgan fingerprint density at radius 3 is 2.65 bits per heavy atom. The highest BCUT2D eigenvalue weighted by molar-refractivity contribution is 7.98. The van der Waals surface area contributed by atoms with Gasteiger partial charge in [0.2, 0.25) is 0 Å². The number of anilines is 2. The standard InChI is InChI=1S/C24H27FN6O2S/c1-15-18(19-13-20(23(34-4)30-29-19)31-7-9-33-10-8-31)12-17(14-27-15)28-22(32)16-5-6-26-21(11-16)24(2,3)25/h5-6,11-14H,7-10H2,1-4H3,(H,28,32). The molecule has 0 aliphatic carbocycles. The Labute approximate surface area is 202 Å². The first-order valence-corrected chi connectivity index (χ1v) is 12.2. The maximum absolute atomic E-state index is 14.3. The third kappa shape index (κ3) is 5.34. The number of ether oxygens (including phenoxy) is 1. The SMILES string of the molecule is CSc1nnc(-c2cc(NC(=O)c3ccnc(C(C)(C)F)c3)cnc2C)cc1N1CCOCC1. The van der Waals surface area contributed by atoms with Crippen LogP contribution >= 0.6 is 11.8 Å². The molecule has 178 valence electrons. The van der Waals surface area contributed by atoms with Gasteiger partial charge in [0.15, 0.2) is 0 Å². The van der Waals surface area contributed by atoms with Crippen LogP contribution in [0.1, 0.15) is 35.6 Å². The van der Waals surface area contributed by atoms with Gasteiger partial charge in [-0.15, -0.1) is 22.0 Å². The molecule has 0 aromatic carbocycles. The van der Waals surface area contributed by atoms with Gasteiger partial charge in [-0.05, 0) is 51.3 Å². The van der Waals surface area contributed by atoms with E-state index in [1.165, 1.54) is 26.1 Å². The summed E-state index contributed by atoms with van der Waals surface area (Å²) in [7, 11) is 0. The first-order chi connectivity index (χ1) is 16.3. The highest BCUT2D eigenvalue weighted by atomic mass is 32.2. The number of nitrogens with zero attached hydrogens (tertiary/aromatic N) is 5. The molecule has 0 spiro atoms. The largest absolute Gasteiger partial charge is 0.378 e. The van der Waals surface area contributed by atoms with Crippen molar-refractivity contribution in [3.8, 4) is 11.3 Å². The Balaban J connectivity index is 1.62. The third-order valence-corrected chi connectivity index (χ3v) is 6.22. The number of hydrogen-bond acceptors (Lipinski definition) is 8. The predicted molar refractivity (Wildman–Crippen MR) is 131 cm³/mol. The number of hydrogen-bond donors (Lipinski definition) is 1. The zero-order valence-electron chi connectivity index (χ0n) is 19.6. The number of aryl methyl sites for hydroxylation is 1. The molecule has 4 rings (SSSR count). The molecule has 1 amide bonds. The van der Waals surface area contributed by atoms with Gasteiger partial charge in [0.25, 0.3) is 5.91 Å². The summed E-state index contributed by atoms with van der Waals surface area (Å²) in [5.74, 6) is -0.373. The minimum atomic E-state index is -1.64. The van der Waals surface area contributed by atoms with Gasteiger partial charge >= 0.3 is 0 Å². The molecule has 1 aliphatic heterocycles. The van der Waals surface area contributed by atoms with Crippen molar-refractivity contribution in [3.63, 3.8) is 0 Å². The molecule has 0 radical (unpaired) electrons. The Morgan fingerprint density at radius 1 is 1.18 bits per heavy atom. The van der Waals surface area contributed by atoms with Crippen LogP contribution in [0.2, 0.25) is 0 Å². The number of alkyl halides is 1. The predicted octanol–water partition coefficient (Wildman–Crippen LogP) is 4.26. The smallest absolute Gasteiger partial charge is 0.255 e. The van der Waals surface area contributed by atoms with Crippen LogP contribution in [0, 0.1) is 6.92 Å². The summed E-state index contributed by atoms with van der Waals surface area (Å²) in [6.45, 7) is 7.61. The summed E-state index contributed by atoms with van der Waals surface area (Å²) in [5.41, 5.74) is 2.59. The van der Waals surface area contributed by atoms with E-state index in [1.54, 1.807) is 24.0 Å². The van der Waals surface area contributed by atoms with E-state index >= 15 is 0 Å². The average molecular weight is 483 g/mol. The molecule has 10 heteroatoms. The molecular weight excluding hydrogens is 455 g/mol. The highest BCUT2D eigenvalue weighted by Gasteiger charge is 2.22. The van der Waals surface area contributed by atoms with E-state index < -0.39 is 5.67 Å². The number of carbonyl (C=O) groups is 1. The van der Waals surface area contributed by atoms with Crippen molar-refractivity contribution in [1.82, 2.24) is 20.2 Å². The lowest BCUT2D eigenvalue weighted by Crippen LogP contribution is -2.36. The molecule has 4 heterocycles. The molecule has 3 aromatic rings. The van der Waals surface area contributed by atoms with E-state index in [2.05, 4.69) is 30.4 Å². The minimum Gasteiger partial charge on any atom is -0.378 e. The quantitative estimate of drug-likeness (QED) is 0.521. The van der Waals surface area contributed by atoms with E-state index in [4.69, 9.17) is 4.74 Å². The number of morpholine rings is 1. The van der Waals surface area contributed by atoms with E-state index in [9.17, 15) is 9.18 Å². The number of aromatic nitrogens is 4. The fourth-order valence-electron chi connectivity index (χ4n) is 3.64. The molecule has 1 fully saturated rings. The van der Waals surface area contributed by atoms with Gasteiger partial charge < -0.3 is 15.0 Å². The fourth-order valence-corrected chi connectivity index (χ4v) is 4.16. The van der Waals surface area contributed by atoms with Crippen molar-refractivity contribution in [2.24, 2.45) is 0 Å². The molecule has 0 atom stereocenters. The van der Waals surface area contributed by atoms with E-state index in [-0.39, 0.29) is 11.6 Å². The number of amides is 1. The van der Waals surface area contributed by atoms with Crippen LogP contribution in [0.15, 0.2) is 41.7 Å². The van der Waals surface area contributed by atoms with Crippen molar-refractivity contribution < 1.29 is 13.9 Å². The maximum atomic E-state index is 14.3. The van der Waals surface area contributed by atoms with Crippen LogP contribution < -0.4 is 10.2 Å². The number of thioether (sulfide) groups is 1. The topological polar surface area (TPSA) is 93.1 Å². The lowest BCUT2D eigenvalue weighted by atomic mass is 10.0. The lowest BCUT2D eigenvalue weighted by Gasteiger charge is -2.29. The molecule has 1 saturated heterocycles. The number of pyridine rings is 2. The summed E-state index contributed by atoms with van der Waals surface area (Å²) >= 11 is 1.55. The monoisotopic (exact) mass is 482 g/mol. The molecule has 0 saturated carbocycles. The van der Waals surface area contributed by atoms with Crippen LogP contribution in [0.4, 0.5) is 15.8 Å². The van der Waals surface area contributed by atoms with Crippen LogP contribution in [0.25, 0.3) is 11.3 Å². The molecule has 8 nitrogen and oxygen atoms in total. The van der Waals surface area contributed by atoms with Crippen LogP contribution in [0.5, 0.6) is 0 Å². The Hall–Kier alpha value is -3.11. The molecule has 0 bridgehead atoms. The Bertz CT molecular complexity index is 1190. The first-order valence-electron chi connectivity index (χ1n) is 10.9. The van der Waals surface area contributed by atoms with Gasteiger partial charge in [0, 0.05) is 36.1 Å². The summed E-state index contributed by atoms with van der Waals surface area (Å²) in [5, 5.41) is 12.6. The number of rotatable bonds is 6. The van der Waals surface area contributed by atoms with Gasteiger partial charge in [0.05, 0.1) is 42.2 Å². The zero-order valence-corrected chi connectivity index (χ0v) is 20.4. The van der Waals surface area contributed by atoms with Crippen LogP contribution in [-0.2, 0) is 10.4 Å². The van der Waals surface area contributed by atoms with E-state index in [1.807, 2.05) is 25.3 Å². The van der Waals surface area contributed by atoms with Crippen molar-refractivity contribution in [1.29, 1.82) is 0 Å². The zero-order chi connectivity index (χ0) is 24.3. The van der Waals surface area contributed by atoms with E-state index in [0.29, 0.717) is 30.2 Å². The second-order valence-corrected chi connectivity index (χ2v) is 9.23. The first kappa shape index (κ1) is 24.0. The highest BCUT2D eigenvalue weighted by Crippen LogP contribution is 2.32. The Kier molecular flexibility index (Phi) is 7.08. The average Bonchev–Trinajstić information content (AvgIpc) is 2.85. The van der Waals surface area contributed by atoms with E-state index in [0.717, 1.165) is 35.1 Å². The summed E-state index contributed by atoms with van der Waals surface area (Å²) in [6, 6.07) is 6.85. The summed E-state index contributed by atoms with van der Waals surface area (Å²) < 4.78 is 19.8. The van der Waals surface area contributed by atoms with Crippen molar-refractivity contribution in [3.05, 3.63) is 53.6 Å².